The number of hydrogen-bond acceptors (Lipinski definition) is 2. The fourth-order valence-corrected chi connectivity index (χ4v) is 1.38. The quantitative estimate of drug-likeness (QED) is 0.642. The number of rotatable bonds is 2. The van der Waals surface area contributed by atoms with E-state index in [9.17, 15) is 0 Å². The first kappa shape index (κ1) is 10.1. The molecule has 1 heterocycles. The molecule has 72 valence electrons. The van der Waals surface area contributed by atoms with Crippen LogP contribution in [-0.2, 0) is 4.74 Å². The summed E-state index contributed by atoms with van der Waals surface area (Å²) in [5.74, 6) is 0.919. The Labute approximate surface area is 80.2 Å². The van der Waals surface area contributed by atoms with Gasteiger partial charge in [-0.05, 0) is 20.0 Å². The van der Waals surface area contributed by atoms with Crippen LogP contribution < -0.4 is 0 Å². The first-order valence-corrected chi connectivity index (χ1v) is 4.57. The third-order valence-electron chi connectivity index (χ3n) is 2.04. The molecule has 0 fully saturated rings. The molecule has 0 unspecified atom stereocenters. The van der Waals surface area contributed by atoms with E-state index < -0.39 is 0 Å². The number of likely N-dealkylation sites (N-methyl/N-ethyl adjacent to an activating group) is 1. The Bertz CT molecular complexity index is 240. The lowest BCUT2D eigenvalue weighted by molar-refractivity contribution is 0.203. The molecule has 2 heteroatoms. The number of allylic oxidation sites excluding steroid dienone is 2. The van der Waals surface area contributed by atoms with E-state index in [1.54, 1.807) is 6.08 Å². The van der Waals surface area contributed by atoms with Gasteiger partial charge in [-0.25, -0.2) is 0 Å². The summed E-state index contributed by atoms with van der Waals surface area (Å²) < 4.78 is 5.56. The molecule has 2 nitrogen and oxygen atoms in total. The molecule has 0 aliphatic carbocycles. The second-order valence-electron chi connectivity index (χ2n) is 3.18. The smallest absolute Gasteiger partial charge is 0.123 e. The van der Waals surface area contributed by atoms with Crippen LogP contribution in [0, 0.1) is 0 Å². The van der Waals surface area contributed by atoms with E-state index in [4.69, 9.17) is 4.74 Å². The standard InChI is InChI=1S/C11H17NO/c1-4-6-10-9-12(3)7-8-13-11(10)5-2/h4-6H,2,7-9H2,1,3H3/b6-4-. The minimum Gasteiger partial charge on any atom is -0.492 e. The highest BCUT2D eigenvalue weighted by Crippen LogP contribution is 2.13. The highest BCUT2D eigenvalue weighted by molar-refractivity contribution is 5.30. The van der Waals surface area contributed by atoms with Crippen molar-refractivity contribution in [3.05, 3.63) is 36.1 Å². The normalized spacial score (nSPS) is 20.2. The average molecular weight is 179 g/mol. The number of hydrogen-bond donors (Lipinski definition) is 0. The summed E-state index contributed by atoms with van der Waals surface area (Å²) in [5, 5.41) is 0. The molecule has 0 aromatic rings. The molecular formula is C11H17NO. The minimum absolute atomic E-state index is 0.749. The van der Waals surface area contributed by atoms with Gasteiger partial charge in [0, 0.05) is 18.7 Å². The molecule has 0 bridgehead atoms. The summed E-state index contributed by atoms with van der Waals surface area (Å²) in [4.78, 5) is 2.24. The van der Waals surface area contributed by atoms with Crippen molar-refractivity contribution in [1.29, 1.82) is 0 Å². The van der Waals surface area contributed by atoms with Crippen molar-refractivity contribution in [2.24, 2.45) is 0 Å². The lowest BCUT2D eigenvalue weighted by Crippen LogP contribution is -2.22. The third kappa shape index (κ3) is 2.74. The maximum atomic E-state index is 5.56. The van der Waals surface area contributed by atoms with Crippen molar-refractivity contribution in [2.75, 3.05) is 26.7 Å². The third-order valence-corrected chi connectivity index (χ3v) is 2.04. The Morgan fingerprint density at radius 1 is 1.54 bits per heavy atom. The summed E-state index contributed by atoms with van der Waals surface area (Å²) in [6.45, 7) is 8.42. The molecule has 0 N–H and O–H groups in total. The SMILES string of the molecule is C=CC1=C(/C=C\C)CN(C)CCO1. The van der Waals surface area contributed by atoms with Crippen LogP contribution in [0.25, 0.3) is 0 Å². The zero-order valence-electron chi connectivity index (χ0n) is 8.42. The molecule has 1 aliphatic heterocycles. The minimum atomic E-state index is 0.749. The highest BCUT2D eigenvalue weighted by Gasteiger charge is 2.10. The van der Waals surface area contributed by atoms with Gasteiger partial charge in [0.25, 0.3) is 0 Å². The van der Waals surface area contributed by atoms with Crippen molar-refractivity contribution in [3.63, 3.8) is 0 Å². The van der Waals surface area contributed by atoms with Crippen molar-refractivity contribution in [2.45, 2.75) is 6.92 Å². The summed E-state index contributed by atoms with van der Waals surface area (Å²) >= 11 is 0. The van der Waals surface area contributed by atoms with Gasteiger partial charge in [-0.1, -0.05) is 18.7 Å². The van der Waals surface area contributed by atoms with Crippen LogP contribution in [0.3, 0.4) is 0 Å². The van der Waals surface area contributed by atoms with E-state index >= 15 is 0 Å². The molecule has 0 radical (unpaired) electrons. The fourth-order valence-electron chi connectivity index (χ4n) is 1.38. The molecule has 0 atom stereocenters. The lowest BCUT2D eigenvalue weighted by Gasteiger charge is -2.11. The second kappa shape index (κ2) is 4.87. The van der Waals surface area contributed by atoms with Gasteiger partial charge in [0.2, 0.25) is 0 Å². The maximum Gasteiger partial charge on any atom is 0.123 e. The zero-order valence-corrected chi connectivity index (χ0v) is 8.42. The van der Waals surface area contributed by atoms with Gasteiger partial charge in [-0.2, -0.15) is 0 Å². The number of nitrogens with zero attached hydrogens (tertiary/aromatic N) is 1. The highest BCUT2D eigenvalue weighted by atomic mass is 16.5. The van der Waals surface area contributed by atoms with Gasteiger partial charge in [0.15, 0.2) is 0 Å². The Kier molecular flexibility index (Phi) is 3.77. The Morgan fingerprint density at radius 3 is 2.92 bits per heavy atom. The van der Waals surface area contributed by atoms with E-state index in [2.05, 4.69) is 24.6 Å². The summed E-state index contributed by atoms with van der Waals surface area (Å²) in [6.07, 6.45) is 5.90. The van der Waals surface area contributed by atoms with Crippen LogP contribution in [0.4, 0.5) is 0 Å². The lowest BCUT2D eigenvalue weighted by atomic mass is 10.2. The summed E-state index contributed by atoms with van der Waals surface area (Å²) in [7, 11) is 2.10. The van der Waals surface area contributed by atoms with Gasteiger partial charge in [0.05, 0.1) is 0 Å². The van der Waals surface area contributed by atoms with E-state index in [-0.39, 0.29) is 0 Å². The Morgan fingerprint density at radius 2 is 2.31 bits per heavy atom. The predicted molar refractivity (Wildman–Crippen MR) is 55.5 cm³/mol. The molecule has 0 spiro atoms. The monoisotopic (exact) mass is 179 g/mol. The average Bonchev–Trinajstić information content (AvgIpc) is 2.28. The molecule has 0 aromatic heterocycles. The molecule has 1 rings (SSSR count). The molecule has 1 aliphatic rings. The van der Waals surface area contributed by atoms with Gasteiger partial charge in [0.1, 0.15) is 12.4 Å². The Balaban J connectivity index is 2.87. The summed E-state index contributed by atoms with van der Waals surface area (Å²) in [6, 6.07) is 0. The van der Waals surface area contributed by atoms with Crippen LogP contribution in [0.1, 0.15) is 6.92 Å². The van der Waals surface area contributed by atoms with Crippen LogP contribution in [0.2, 0.25) is 0 Å². The van der Waals surface area contributed by atoms with Crippen molar-refractivity contribution in [3.8, 4) is 0 Å². The molecular weight excluding hydrogens is 162 g/mol. The molecule has 0 amide bonds. The van der Waals surface area contributed by atoms with E-state index in [0.29, 0.717) is 0 Å². The predicted octanol–water partition coefficient (Wildman–Crippen LogP) is 1.96. The van der Waals surface area contributed by atoms with Crippen LogP contribution in [-0.4, -0.2) is 31.6 Å². The topological polar surface area (TPSA) is 12.5 Å². The van der Waals surface area contributed by atoms with Crippen molar-refractivity contribution < 1.29 is 4.74 Å². The van der Waals surface area contributed by atoms with Crippen LogP contribution in [0.5, 0.6) is 0 Å². The molecule has 13 heavy (non-hydrogen) atoms. The molecule has 0 aromatic carbocycles. The van der Waals surface area contributed by atoms with Gasteiger partial charge < -0.3 is 4.74 Å². The fraction of sp³-hybridized carbons (Fsp3) is 0.455. The van der Waals surface area contributed by atoms with Gasteiger partial charge in [-0.15, -0.1) is 0 Å². The summed E-state index contributed by atoms with van der Waals surface area (Å²) in [5.41, 5.74) is 1.21. The van der Waals surface area contributed by atoms with E-state index in [0.717, 1.165) is 25.5 Å². The largest absolute Gasteiger partial charge is 0.492 e. The second-order valence-corrected chi connectivity index (χ2v) is 3.18. The van der Waals surface area contributed by atoms with Gasteiger partial charge in [-0.3, -0.25) is 4.90 Å². The van der Waals surface area contributed by atoms with E-state index in [1.165, 1.54) is 5.57 Å². The molecule has 0 saturated heterocycles. The molecule has 0 saturated carbocycles. The number of ether oxygens (including phenoxy) is 1. The van der Waals surface area contributed by atoms with Gasteiger partial charge >= 0.3 is 0 Å². The van der Waals surface area contributed by atoms with Crippen LogP contribution in [0.15, 0.2) is 36.1 Å². The first-order valence-electron chi connectivity index (χ1n) is 4.57. The first-order chi connectivity index (χ1) is 6.27. The van der Waals surface area contributed by atoms with Crippen LogP contribution >= 0.6 is 0 Å². The van der Waals surface area contributed by atoms with Crippen molar-refractivity contribution >= 4 is 0 Å². The van der Waals surface area contributed by atoms with E-state index in [1.807, 2.05) is 13.0 Å². The zero-order chi connectivity index (χ0) is 9.68. The maximum absolute atomic E-state index is 5.56. The Hall–Kier alpha value is -1.02. The van der Waals surface area contributed by atoms with Crippen molar-refractivity contribution in [1.82, 2.24) is 4.90 Å².